The van der Waals surface area contributed by atoms with Gasteiger partial charge in [0.25, 0.3) is 0 Å². The summed E-state index contributed by atoms with van der Waals surface area (Å²) < 4.78 is 0. The number of rotatable bonds is 0. The van der Waals surface area contributed by atoms with Crippen molar-refractivity contribution in [2.75, 3.05) is 19.8 Å². The second kappa shape index (κ2) is 3.25. The number of hydrogen-bond acceptors (Lipinski definition) is 2. The highest BCUT2D eigenvalue weighted by Gasteiger charge is 2.35. The summed E-state index contributed by atoms with van der Waals surface area (Å²) in [5.41, 5.74) is 0.494. The Morgan fingerprint density at radius 2 is 2.00 bits per heavy atom. The quantitative estimate of drug-likeness (QED) is 0.613. The summed E-state index contributed by atoms with van der Waals surface area (Å²) in [6.45, 7) is 10.8. The summed E-state index contributed by atoms with van der Waals surface area (Å²) in [6, 6.07) is 0.846. The molecule has 2 unspecified atom stereocenters. The summed E-state index contributed by atoms with van der Waals surface area (Å²) in [4.78, 5) is 2.62. The van der Waals surface area contributed by atoms with E-state index in [4.69, 9.17) is 0 Å². The molecular weight excluding hydrogens is 160 g/mol. The topological polar surface area (TPSA) is 15.3 Å². The Morgan fingerprint density at radius 1 is 1.23 bits per heavy atom. The van der Waals surface area contributed by atoms with Gasteiger partial charge < -0.3 is 5.32 Å². The smallest absolute Gasteiger partial charge is 0.0484 e. The van der Waals surface area contributed by atoms with Crippen LogP contribution in [0.3, 0.4) is 0 Å². The third-order valence-corrected chi connectivity index (χ3v) is 3.74. The highest BCUT2D eigenvalue weighted by Crippen LogP contribution is 2.35. The van der Waals surface area contributed by atoms with Gasteiger partial charge in [-0.25, -0.2) is 0 Å². The standard InChI is InChI=1S/C11H22N2/c1-11(2,3)9-4-5-10-6-12-8-13(10)7-9/h9-10,12H,4-8H2,1-3H3. The average molecular weight is 182 g/mol. The molecule has 0 aromatic rings. The van der Waals surface area contributed by atoms with E-state index in [1.54, 1.807) is 0 Å². The molecular formula is C11H22N2. The van der Waals surface area contributed by atoms with Crippen LogP contribution in [-0.4, -0.2) is 30.7 Å². The Hall–Kier alpha value is -0.0800. The first-order valence-corrected chi connectivity index (χ1v) is 5.52. The molecule has 2 heteroatoms. The second-order valence-corrected chi connectivity index (χ2v) is 5.68. The zero-order chi connectivity index (χ0) is 9.47. The molecule has 0 aromatic carbocycles. The fraction of sp³-hybridized carbons (Fsp3) is 1.00. The van der Waals surface area contributed by atoms with E-state index in [-0.39, 0.29) is 0 Å². The Kier molecular flexibility index (Phi) is 2.37. The molecule has 2 atom stereocenters. The lowest BCUT2D eigenvalue weighted by molar-refractivity contribution is 0.0834. The van der Waals surface area contributed by atoms with Crippen LogP contribution >= 0.6 is 0 Å². The molecule has 76 valence electrons. The number of fused-ring (bicyclic) bond motifs is 1. The van der Waals surface area contributed by atoms with E-state index in [1.807, 2.05) is 0 Å². The van der Waals surface area contributed by atoms with Gasteiger partial charge >= 0.3 is 0 Å². The van der Waals surface area contributed by atoms with E-state index in [9.17, 15) is 0 Å². The van der Waals surface area contributed by atoms with E-state index in [1.165, 1.54) is 25.9 Å². The molecule has 2 fully saturated rings. The average Bonchev–Trinajstić information content (AvgIpc) is 2.47. The van der Waals surface area contributed by atoms with Crippen molar-refractivity contribution in [3.63, 3.8) is 0 Å². The van der Waals surface area contributed by atoms with E-state index in [2.05, 4.69) is 31.0 Å². The maximum Gasteiger partial charge on any atom is 0.0484 e. The molecule has 1 N–H and O–H groups in total. The summed E-state index contributed by atoms with van der Waals surface area (Å²) in [6.07, 6.45) is 2.82. The molecule has 2 saturated heterocycles. The van der Waals surface area contributed by atoms with Crippen molar-refractivity contribution >= 4 is 0 Å². The summed E-state index contributed by atoms with van der Waals surface area (Å²) in [7, 11) is 0. The summed E-state index contributed by atoms with van der Waals surface area (Å²) >= 11 is 0. The highest BCUT2D eigenvalue weighted by atomic mass is 15.3. The molecule has 0 spiro atoms. The monoisotopic (exact) mass is 182 g/mol. The minimum absolute atomic E-state index is 0.494. The van der Waals surface area contributed by atoms with Gasteiger partial charge in [-0.3, -0.25) is 4.90 Å². The highest BCUT2D eigenvalue weighted by molar-refractivity contribution is 4.90. The van der Waals surface area contributed by atoms with Crippen LogP contribution in [0.25, 0.3) is 0 Å². The molecule has 2 aliphatic rings. The summed E-state index contributed by atoms with van der Waals surface area (Å²) in [5, 5.41) is 3.46. The molecule has 0 radical (unpaired) electrons. The van der Waals surface area contributed by atoms with Crippen LogP contribution in [0.2, 0.25) is 0 Å². The van der Waals surface area contributed by atoms with Gasteiger partial charge in [0.2, 0.25) is 0 Å². The van der Waals surface area contributed by atoms with Gasteiger partial charge in [-0.1, -0.05) is 20.8 Å². The van der Waals surface area contributed by atoms with Gasteiger partial charge in [-0.05, 0) is 24.2 Å². The van der Waals surface area contributed by atoms with E-state index < -0.39 is 0 Å². The van der Waals surface area contributed by atoms with Crippen LogP contribution in [0.4, 0.5) is 0 Å². The van der Waals surface area contributed by atoms with Crippen LogP contribution in [0, 0.1) is 11.3 Å². The SMILES string of the molecule is CC(C)(C)C1CCC2CNCN2C1. The number of hydrogen-bond donors (Lipinski definition) is 1. The molecule has 0 aliphatic carbocycles. The normalized spacial score (nSPS) is 36.2. The summed E-state index contributed by atoms with van der Waals surface area (Å²) in [5.74, 6) is 0.892. The minimum Gasteiger partial charge on any atom is -0.303 e. The lowest BCUT2D eigenvalue weighted by atomic mass is 9.75. The number of nitrogens with zero attached hydrogens (tertiary/aromatic N) is 1. The molecule has 0 aromatic heterocycles. The first-order chi connectivity index (χ1) is 6.07. The first kappa shape index (κ1) is 9.47. The molecule has 2 aliphatic heterocycles. The molecule has 0 saturated carbocycles. The third-order valence-electron chi connectivity index (χ3n) is 3.74. The van der Waals surface area contributed by atoms with E-state index in [0.29, 0.717) is 5.41 Å². The van der Waals surface area contributed by atoms with Gasteiger partial charge in [-0.2, -0.15) is 0 Å². The Morgan fingerprint density at radius 3 is 2.69 bits per heavy atom. The van der Waals surface area contributed by atoms with Crippen molar-refractivity contribution in [2.24, 2.45) is 11.3 Å². The van der Waals surface area contributed by atoms with Crippen LogP contribution in [0.15, 0.2) is 0 Å². The van der Waals surface area contributed by atoms with Gasteiger partial charge in [-0.15, -0.1) is 0 Å². The Balaban J connectivity index is 1.97. The molecule has 0 bridgehead atoms. The maximum absolute atomic E-state index is 3.46. The zero-order valence-corrected chi connectivity index (χ0v) is 9.14. The molecule has 0 amide bonds. The van der Waals surface area contributed by atoms with Crippen molar-refractivity contribution in [2.45, 2.75) is 39.7 Å². The lowest BCUT2D eigenvalue weighted by Gasteiger charge is -2.40. The molecule has 2 nitrogen and oxygen atoms in total. The van der Waals surface area contributed by atoms with Crippen molar-refractivity contribution < 1.29 is 0 Å². The van der Waals surface area contributed by atoms with Crippen LogP contribution in [0.1, 0.15) is 33.6 Å². The molecule has 2 heterocycles. The predicted octanol–water partition coefficient (Wildman–Crippen LogP) is 1.67. The van der Waals surface area contributed by atoms with Gasteiger partial charge in [0.05, 0.1) is 0 Å². The van der Waals surface area contributed by atoms with E-state index in [0.717, 1.165) is 18.6 Å². The first-order valence-electron chi connectivity index (χ1n) is 5.52. The maximum atomic E-state index is 3.46. The fourth-order valence-electron chi connectivity index (χ4n) is 2.61. The Labute approximate surface area is 81.7 Å². The second-order valence-electron chi connectivity index (χ2n) is 5.68. The minimum atomic E-state index is 0.494. The Bertz CT molecular complexity index is 183. The zero-order valence-electron chi connectivity index (χ0n) is 9.14. The van der Waals surface area contributed by atoms with Crippen LogP contribution < -0.4 is 5.32 Å². The van der Waals surface area contributed by atoms with Crippen molar-refractivity contribution in [3.8, 4) is 0 Å². The molecule has 2 rings (SSSR count). The van der Waals surface area contributed by atoms with Crippen molar-refractivity contribution in [3.05, 3.63) is 0 Å². The predicted molar refractivity (Wildman–Crippen MR) is 55.5 cm³/mol. The molecule has 13 heavy (non-hydrogen) atoms. The van der Waals surface area contributed by atoms with Crippen molar-refractivity contribution in [1.82, 2.24) is 10.2 Å². The fourth-order valence-corrected chi connectivity index (χ4v) is 2.61. The largest absolute Gasteiger partial charge is 0.303 e. The van der Waals surface area contributed by atoms with Gasteiger partial charge in [0.1, 0.15) is 0 Å². The van der Waals surface area contributed by atoms with Gasteiger partial charge in [0, 0.05) is 25.8 Å². The lowest BCUT2D eigenvalue weighted by Crippen LogP contribution is -2.44. The van der Waals surface area contributed by atoms with Crippen LogP contribution in [0.5, 0.6) is 0 Å². The number of nitrogens with one attached hydrogen (secondary N) is 1. The number of piperidine rings is 1. The van der Waals surface area contributed by atoms with Crippen LogP contribution in [-0.2, 0) is 0 Å². The van der Waals surface area contributed by atoms with Gasteiger partial charge in [0.15, 0.2) is 0 Å². The third kappa shape index (κ3) is 1.89. The van der Waals surface area contributed by atoms with E-state index >= 15 is 0 Å². The van der Waals surface area contributed by atoms with Crippen molar-refractivity contribution in [1.29, 1.82) is 0 Å².